The maximum atomic E-state index is 12.9. The first-order valence-electron chi connectivity index (χ1n) is 10.8. The van der Waals surface area contributed by atoms with Crippen LogP contribution in [0.5, 0.6) is 5.75 Å². The maximum Gasteiger partial charge on any atom is 0.345 e. The fourth-order valence-corrected chi connectivity index (χ4v) is 3.64. The molecule has 1 saturated heterocycles. The number of benzene rings is 2. The number of amides is 5. The molecule has 1 fully saturated rings. The SMILES string of the molecule is CN1C(=O)N(N)C(Nc2ccc(OC3N=CC=C(C(=O)N=NN)N3)cc2)N(Cc2ccc(Cl)cc2)C1=O. The highest BCUT2D eigenvalue weighted by Crippen LogP contribution is 2.24. The first kappa shape index (κ1) is 25.4. The number of carbonyl (C=O) groups is 3. The number of rotatable bonds is 7. The zero-order valence-corrected chi connectivity index (χ0v) is 20.2. The predicted molar refractivity (Wildman–Crippen MR) is 134 cm³/mol. The van der Waals surface area contributed by atoms with Crippen molar-refractivity contribution >= 4 is 41.5 Å². The van der Waals surface area contributed by atoms with Gasteiger partial charge in [-0.1, -0.05) is 34.1 Å². The first-order valence-corrected chi connectivity index (χ1v) is 11.2. The number of imide groups is 1. The molecule has 2 aromatic rings. The summed E-state index contributed by atoms with van der Waals surface area (Å²) in [5.74, 6) is 10.7. The van der Waals surface area contributed by atoms with Gasteiger partial charge in [-0.25, -0.2) is 30.3 Å². The average Bonchev–Trinajstić information content (AvgIpc) is 2.90. The third-order valence-corrected chi connectivity index (χ3v) is 5.64. The Hall–Kier alpha value is -4.69. The van der Waals surface area contributed by atoms with E-state index < -0.39 is 30.6 Å². The molecule has 6 N–H and O–H groups in total. The molecule has 2 unspecified atom stereocenters. The van der Waals surface area contributed by atoms with Crippen molar-refractivity contribution in [2.24, 2.45) is 27.0 Å². The van der Waals surface area contributed by atoms with Crippen LogP contribution in [0.4, 0.5) is 15.3 Å². The summed E-state index contributed by atoms with van der Waals surface area (Å²) in [5.41, 5.74) is 1.47. The second kappa shape index (κ2) is 10.9. The van der Waals surface area contributed by atoms with Gasteiger partial charge in [0.2, 0.25) is 6.29 Å². The zero-order chi connectivity index (χ0) is 26.5. The van der Waals surface area contributed by atoms with Gasteiger partial charge in [-0.2, -0.15) is 0 Å². The van der Waals surface area contributed by atoms with Gasteiger partial charge in [0.05, 0.1) is 6.54 Å². The Kier molecular flexibility index (Phi) is 7.50. The summed E-state index contributed by atoms with van der Waals surface area (Å²) in [6, 6.07) is 12.4. The van der Waals surface area contributed by atoms with Gasteiger partial charge in [0.1, 0.15) is 11.4 Å². The van der Waals surface area contributed by atoms with Crippen LogP contribution >= 0.6 is 11.6 Å². The van der Waals surface area contributed by atoms with E-state index in [2.05, 4.69) is 26.0 Å². The van der Waals surface area contributed by atoms with E-state index in [1.54, 1.807) is 48.5 Å². The summed E-state index contributed by atoms with van der Waals surface area (Å²) >= 11 is 5.97. The van der Waals surface area contributed by atoms with Gasteiger partial charge in [-0.05, 0) is 48.0 Å². The Bertz CT molecular complexity index is 1270. The van der Waals surface area contributed by atoms with Crippen LogP contribution in [0.15, 0.2) is 75.6 Å². The van der Waals surface area contributed by atoms with Gasteiger partial charge in [0, 0.05) is 24.0 Å². The molecule has 2 heterocycles. The molecule has 5 amide bonds. The number of nitrogens with two attached hydrogens (primary N) is 2. The number of allylic oxidation sites excluding steroid dienone is 1. The standard InChI is InChI=1S/C22H23ClN10O4/c1-31-21(35)32(12-13-2-4-14(23)5-3-13)20(33(25)22(31)36)27-15-6-8-16(9-7-15)37-19-26-11-10-17(28-19)18(34)29-30-24/h2-11,19-20,27-28H,12,25H2,1H3,(H2,24,29,34). The summed E-state index contributed by atoms with van der Waals surface area (Å²) in [7, 11) is 1.36. The van der Waals surface area contributed by atoms with E-state index in [0.717, 1.165) is 15.5 Å². The monoisotopic (exact) mass is 526 g/mol. The van der Waals surface area contributed by atoms with Crippen LogP contribution in [0.2, 0.25) is 5.02 Å². The van der Waals surface area contributed by atoms with Crippen LogP contribution in [0.25, 0.3) is 0 Å². The lowest BCUT2D eigenvalue weighted by molar-refractivity contribution is -0.115. The highest BCUT2D eigenvalue weighted by Gasteiger charge is 2.41. The molecule has 4 rings (SSSR count). The number of anilines is 1. The molecule has 2 aliphatic heterocycles. The summed E-state index contributed by atoms with van der Waals surface area (Å²) in [6.45, 7) is 0.170. The van der Waals surface area contributed by atoms with Crippen LogP contribution < -0.4 is 27.1 Å². The van der Waals surface area contributed by atoms with E-state index in [0.29, 0.717) is 16.5 Å². The van der Waals surface area contributed by atoms with Crippen molar-refractivity contribution in [1.29, 1.82) is 0 Å². The minimum atomic E-state index is -0.973. The third-order valence-electron chi connectivity index (χ3n) is 5.38. The molecule has 2 aliphatic rings. The van der Waals surface area contributed by atoms with Crippen LogP contribution in [0.1, 0.15) is 5.56 Å². The molecule has 0 spiro atoms. The molecular formula is C22H23ClN10O4. The van der Waals surface area contributed by atoms with Crippen LogP contribution in [-0.2, 0) is 11.3 Å². The fourth-order valence-electron chi connectivity index (χ4n) is 3.52. The van der Waals surface area contributed by atoms with Crippen molar-refractivity contribution in [1.82, 2.24) is 20.1 Å². The number of nitrogens with zero attached hydrogens (tertiary/aromatic N) is 6. The average molecular weight is 527 g/mol. The van der Waals surface area contributed by atoms with Crippen LogP contribution in [-0.4, -0.2) is 58.7 Å². The van der Waals surface area contributed by atoms with Crippen LogP contribution in [0.3, 0.4) is 0 Å². The van der Waals surface area contributed by atoms with Gasteiger partial charge in [0.15, 0.2) is 0 Å². The zero-order valence-electron chi connectivity index (χ0n) is 19.5. The highest BCUT2D eigenvalue weighted by atomic mass is 35.5. The number of nitrogens with one attached hydrogen (secondary N) is 2. The van der Waals surface area contributed by atoms with Gasteiger partial charge >= 0.3 is 18.0 Å². The molecular weight excluding hydrogens is 504 g/mol. The van der Waals surface area contributed by atoms with Crippen molar-refractivity contribution in [3.63, 3.8) is 0 Å². The normalized spacial score (nSPS) is 19.6. The van der Waals surface area contributed by atoms with Crippen molar-refractivity contribution < 1.29 is 19.1 Å². The minimum absolute atomic E-state index is 0.118. The lowest BCUT2D eigenvalue weighted by atomic mass is 10.2. The number of halogens is 1. The molecule has 192 valence electrons. The van der Waals surface area contributed by atoms with Crippen molar-refractivity contribution in [2.75, 3.05) is 12.4 Å². The molecule has 0 radical (unpaired) electrons. The summed E-state index contributed by atoms with van der Waals surface area (Å²) < 4.78 is 5.73. The van der Waals surface area contributed by atoms with Gasteiger partial charge in [-0.15, -0.1) is 0 Å². The minimum Gasteiger partial charge on any atom is -0.451 e. The predicted octanol–water partition coefficient (Wildman–Crippen LogP) is 1.97. The topological polar surface area (TPSA) is 183 Å². The highest BCUT2D eigenvalue weighted by molar-refractivity contribution is 6.30. The van der Waals surface area contributed by atoms with Gasteiger partial charge in [-0.3, -0.25) is 9.69 Å². The Morgan fingerprint density at radius 2 is 1.86 bits per heavy atom. The first-order chi connectivity index (χ1) is 17.8. The van der Waals surface area contributed by atoms with E-state index in [-0.39, 0.29) is 12.2 Å². The lowest BCUT2D eigenvalue weighted by Gasteiger charge is -2.44. The van der Waals surface area contributed by atoms with E-state index in [1.165, 1.54) is 24.2 Å². The van der Waals surface area contributed by atoms with E-state index in [1.807, 2.05) is 0 Å². The Labute approximate surface area is 216 Å². The van der Waals surface area contributed by atoms with Gasteiger partial charge < -0.3 is 21.2 Å². The molecule has 2 atom stereocenters. The largest absolute Gasteiger partial charge is 0.451 e. The second-order valence-corrected chi connectivity index (χ2v) is 8.28. The summed E-state index contributed by atoms with van der Waals surface area (Å²) in [5, 5.41) is 13.6. The summed E-state index contributed by atoms with van der Waals surface area (Å²) in [6.07, 6.45) is 0.964. The van der Waals surface area contributed by atoms with Crippen molar-refractivity contribution in [3.05, 3.63) is 70.9 Å². The smallest absolute Gasteiger partial charge is 0.345 e. The molecule has 15 heteroatoms. The van der Waals surface area contributed by atoms with E-state index in [4.69, 9.17) is 28.0 Å². The fraction of sp³-hybridized carbons (Fsp3) is 0.182. The molecule has 2 aromatic carbocycles. The lowest BCUT2D eigenvalue weighted by Crippen LogP contribution is -2.69. The Morgan fingerprint density at radius 1 is 1.16 bits per heavy atom. The van der Waals surface area contributed by atoms with E-state index in [9.17, 15) is 14.4 Å². The quantitative estimate of drug-likeness (QED) is 0.182. The number of carbonyl (C=O) groups excluding carboxylic acids is 3. The number of ether oxygens (including phenoxy) is 1. The molecule has 14 nitrogen and oxygen atoms in total. The van der Waals surface area contributed by atoms with Crippen LogP contribution in [0, 0.1) is 0 Å². The maximum absolute atomic E-state index is 12.9. The Balaban J connectivity index is 1.46. The molecule has 0 saturated carbocycles. The molecule has 0 aromatic heterocycles. The Morgan fingerprint density at radius 3 is 2.54 bits per heavy atom. The second-order valence-electron chi connectivity index (χ2n) is 7.84. The van der Waals surface area contributed by atoms with Crippen molar-refractivity contribution in [3.8, 4) is 5.75 Å². The number of urea groups is 2. The van der Waals surface area contributed by atoms with Crippen molar-refractivity contribution in [2.45, 2.75) is 19.2 Å². The van der Waals surface area contributed by atoms with Gasteiger partial charge in [0.25, 0.3) is 6.35 Å². The number of hydrogen-bond donors (Lipinski definition) is 4. The third kappa shape index (κ3) is 5.76. The van der Waals surface area contributed by atoms with E-state index >= 15 is 0 Å². The number of hydrogen-bond acceptors (Lipinski definition) is 9. The number of aliphatic imine (C=N–C) groups is 1. The molecule has 0 aliphatic carbocycles. The molecule has 0 bridgehead atoms. The molecule has 37 heavy (non-hydrogen) atoms. The number of hydrazine groups is 1. The summed E-state index contributed by atoms with van der Waals surface area (Å²) in [4.78, 5) is 43.7.